The van der Waals surface area contributed by atoms with E-state index < -0.39 is 0 Å². The Morgan fingerprint density at radius 3 is 2.17 bits per heavy atom. The van der Waals surface area contributed by atoms with Gasteiger partial charge in [-0.3, -0.25) is 0 Å². The summed E-state index contributed by atoms with van der Waals surface area (Å²) in [5, 5.41) is 7.89. The predicted molar refractivity (Wildman–Crippen MR) is 24.2 cm³/mol. The molecule has 0 unspecified atom stereocenters. The van der Waals surface area contributed by atoms with Gasteiger partial charge >= 0.3 is 7.69 Å². The highest BCUT2D eigenvalue weighted by Gasteiger charge is 1.88. The maximum atomic E-state index is 7.89. The van der Waals surface area contributed by atoms with Gasteiger partial charge in [-0.2, -0.15) is 0 Å². The molecule has 0 amide bonds. The summed E-state index contributed by atoms with van der Waals surface area (Å²) < 4.78 is 4.47. The zero-order valence-electron chi connectivity index (χ0n) is 4.01. The molecule has 0 spiro atoms. The van der Waals surface area contributed by atoms with Crippen LogP contribution in [-0.4, -0.2) is 18.8 Å². The summed E-state index contributed by atoms with van der Waals surface area (Å²) in [5.41, 5.74) is 0. The Kier molecular flexibility index (Phi) is 3.18. The van der Waals surface area contributed by atoms with Gasteiger partial charge in [0.15, 0.2) is 0 Å². The van der Waals surface area contributed by atoms with Gasteiger partial charge in [0.05, 0.1) is 0 Å². The summed E-state index contributed by atoms with van der Waals surface area (Å²) in [6.45, 7) is 3.68. The van der Waals surface area contributed by atoms with Crippen molar-refractivity contribution in [3.8, 4) is 0 Å². The van der Waals surface area contributed by atoms with E-state index in [1.165, 1.54) is 0 Å². The second-order valence-electron chi connectivity index (χ2n) is 1.29. The second-order valence-corrected chi connectivity index (χ2v) is 1.29. The first-order valence-corrected chi connectivity index (χ1v) is 1.88. The third-order valence-electron chi connectivity index (χ3n) is 0.333. The fraction of sp³-hybridized carbons (Fsp3) is 1.00. The first-order chi connectivity index (χ1) is 2.77. The van der Waals surface area contributed by atoms with Crippen molar-refractivity contribution in [2.24, 2.45) is 0 Å². The molecule has 1 radical (unpaired) electrons. The molecule has 0 aromatic heterocycles. The largest absolute Gasteiger partial charge is 0.485 e. The molecule has 0 saturated heterocycles. The molecule has 35 valence electrons. The summed E-state index contributed by atoms with van der Waals surface area (Å²) in [7, 11) is 0.699. The van der Waals surface area contributed by atoms with E-state index in [1.54, 1.807) is 0 Å². The summed E-state index contributed by atoms with van der Waals surface area (Å²) >= 11 is 0. The number of rotatable bonds is 2. The van der Waals surface area contributed by atoms with Crippen LogP contribution in [0, 0.1) is 0 Å². The highest BCUT2D eigenvalue weighted by Crippen LogP contribution is 1.80. The van der Waals surface area contributed by atoms with E-state index in [9.17, 15) is 0 Å². The molecular formula is C3H8BO2. The second kappa shape index (κ2) is 3.19. The molecule has 0 rings (SSSR count). The Bertz CT molecular complexity index is 30.0. The van der Waals surface area contributed by atoms with Gasteiger partial charge in [-0.15, -0.1) is 0 Å². The third kappa shape index (κ3) is 3.98. The van der Waals surface area contributed by atoms with Crippen molar-refractivity contribution in [2.75, 3.05) is 0 Å². The Morgan fingerprint density at radius 1 is 1.67 bits per heavy atom. The summed E-state index contributed by atoms with van der Waals surface area (Å²) in [6.07, 6.45) is 0.0926. The fourth-order valence-electron chi connectivity index (χ4n) is 0.122. The fourth-order valence-corrected chi connectivity index (χ4v) is 0.122. The molecule has 2 nitrogen and oxygen atoms in total. The van der Waals surface area contributed by atoms with Crippen molar-refractivity contribution in [1.82, 2.24) is 0 Å². The standard InChI is InChI=1S/C3H8BO2/c1-3(2)6-4-5/h3,5H,1-2H3. The summed E-state index contributed by atoms with van der Waals surface area (Å²) in [4.78, 5) is 0. The lowest BCUT2D eigenvalue weighted by atomic mass is 10.3. The van der Waals surface area contributed by atoms with E-state index in [2.05, 4.69) is 4.65 Å². The van der Waals surface area contributed by atoms with Gasteiger partial charge in [-0.05, 0) is 13.8 Å². The average Bonchev–Trinajstić information content (AvgIpc) is 1.35. The maximum Gasteiger partial charge on any atom is 0.485 e. The SMILES string of the molecule is CC(C)O[B]O. The molecule has 0 aliphatic rings. The quantitative estimate of drug-likeness (QED) is 0.478. The van der Waals surface area contributed by atoms with Crippen LogP contribution >= 0.6 is 0 Å². The Hall–Kier alpha value is -0.0151. The van der Waals surface area contributed by atoms with E-state index in [0.717, 1.165) is 0 Å². The van der Waals surface area contributed by atoms with Gasteiger partial charge in [0.25, 0.3) is 0 Å². The monoisotopic (exact) mass is 87.1 g/mol. The zero-order chi connectivity index (χ0) is 4.99. The summed E-state index contributed by atoms with van der Waals surface area (Å²) in [6, 6.07) is 0. The summed E-state index contributed by atoms with van der Waals surface area (Å²) in [5.74, 6) is 0. The van der Waals surface area contributed by atoms with Crippen LogP contribution in [-0.2, 0) is 4.65 Å². The van der Waals surface area contributed by atoms with Gasteiger partial charge in [0.2, 0.25) is 0 Å². The minimum Gasteiger partial charge on any atom is -0.429 e. The van der Waals surface area contributed by atoms with Crippen LogP contribution in [0.25, 0.3) is 0 Å². The van der Waals surface area contributed by atoms with E-state index >= 15 is 0 Å². The highest BCUT2D eigenvalue weighted by molar-refractivity contribution is 6.15. The van der Waals surface area contributed by atoms with Crippen LogP contribution in [0.2, 0.25) is 0 Å². The van der Waals surface area contributed by atoms with Gasteiger partial charge in [0, 0.05) is 6.10 Å². The maximum absolute atomic E-state index is 7.89. The smallest absolute Gasteiger partial charge is 0.429 e. The van der Waals surface area contributed by atoms with Crippen LogP contribution < -0.4 is 0 Å². The van der Waals surface area contributed by atoms with Gasteiger partial charge < -0.3 is 9.68 Å². The number of hydrogen-bond acceptors (Lipinski definition) is 2. The minimum atomic E-state index is 0.0926. The van der Waals surface area contributed by atoms with Crippen molar-refractivity contribution in [3.05, 3.63) is 0 Å². The molecule has 0 fully saturated rings. The van der Waals surface area contributed by atoms with E-state index in [-0.39, 0.29) is 6.10 Å². The van der Waals surface area contributed by atoms with Gasteiger partial charge in [-0.25, -0.2) is 0 Å². The first kappa shape index (κ1) is 5.98. The van der Waals surface area contributed by atoms with Crippen molar-refractivity contribution in [1.29, 1.82) is 0 Å². The zero-order valence-corrected chi connectivity index (χ0v) is 4.01. The first-order valence-electron chi connectivity index (χ1n) is 1.88. The minimum absolute atomic E-state index is 0.0926. The molecule has 0 atom stereocenters. The van der Waals surface area contributed by atoms with Crippen LogP contribution in [0.3, 0.4) is 0 Å². The van der Waals surface area contributed by atoms with Crippen LogP contribution in [0.5, 0.6) is 0 Å². The Balaban J connectivity index is 2.63. The van der Waals surface area contributed by atoms with Gasteiger partial charge in [0.1, 0.15) is 0 Å². The average molecular weight is 86.9 g/mol. The van der Waals surface area contributed by atoms with Crippen LogP contribution in [0.1, 0.15) is 13.8 Å². The van der Waals surface area contributed by atoms with Gasteiger partial charge in [-0.1, -0.05) is 0 Å². The molecule has 0 bridgehead atoms. The molecule has 0 aliphatic carbocycles. The van der Waals surface area contributed by atoms with E-state index in [4.69, 9.17) is 5.02 Å². The topological polar surface area (TPSA) is 29.5 Å². The molecule has 0 heterocycles. The molecule has 6 heavy (non-hydrogen) atoms. The Morgan fingerprint density at radius 2 is 2.17 bits per heavy atom. The van der Waals surface area contributed by atoms with E-state index in [1.807, 2.05) is 13.8 Å². The van der Waals surface area contributed by atoms with Crippen molar-refractivity contribution < 1.29 is 9.68 Å². The van der Waals surface area contributed by atoms with Crippen LogP contribution in [0.4, 0.5) is 0 Å². The van der Waals surface area contributed by atoms with Crippen molar-refractivity contribution >= 4 is 7.69 Å². The normalized spacial score (nSPS) is 9.33. The van der Waals surface area contributed by atoms with Crippen LogP contribution in [0.15, 0.2) is 0 Å². The third-order valence-corrected chi connectivity index (χ3v) is 0.333. The molecule has 0 aromatic carbocycles. The molecule has 0 saturated carbocycles. The van der Waals surface area contributed by atoms with E-state index in [0.29, 0.717) is 7.69 Å². The van der Waals surface area contributed by atoms with Crippen molar-refractivity contribution in [3.63, 3.8) is 0 Å². The number of hydrogen-bond donors (Lipinski definition) is 1. The molecule has 0 aliphatic heterocycles. The lowest BCUT2D eigenvalue weighted by molar-refractivity contribution is 0.219. The lowest BCUT2D eigenvalue weighted by Gasteiger charge is -1.98. The highest BCUT2D eigenvalue weighted by atomic mass is 16.5. The van der Waals surface area contributed by atoms with Crippen molar-refractivity contribution in [2.45, 2.75) is 20.0 Å². The molecule has 1 N–H and O–H groups in total. The molecular weight excluding hydrogens is 78.8 g/mol. The molecule has 0 aromatic rings. The Labute approximate surface area is 38.4 Å². The predicted octanol–water partition coefficient (Wildman–Crippen LogP) is -0.0621. The lowest BCUT2D eigenvalue weighted by Crippen LogP contribution is -2.05. The molecule has 3 heteroatoms.